The van der Waals surface area contributed by atoms with Crippen LogP contribution in [0.15, 0.2) is 60.7 Å². The van der Waals surface area contributed by atoms with Crippen LogP contribution >= 0.6 is 0 Å². The quantitative estimate of drug-likeness (QED) is 0.786. The van der Waals surface area contributed by atoms with E-state index in [9.17, 15) is 4.79 Å². The summed E-state index contributed by atoms with van der Waals surface area (Å²) in [5, 5.41) is 5.48. The molecule has 0 aliphatic heterocycles. The first-order chi connectivity index (χ1) is 7.84. The monoisotopic (exact) mass is 211 g/mol. The largest absolute Gasteiger partial charge is 0.323 e. The molecule has 0 aliphatic rings. The molecular weight excluding hydrogens is 199 g/mol. The average molecular weight is 211 g/mol. The van der Waals surface area contributed by atoms with E-state index in [1.54, 1.807) is 0 Å². The van der Waals surface area contributed by atoms with Gasteiger partial charge in [-0.05, 0) is 24.3 Å². The molecule has 2 amide bonds. The zero-order valence-electron chi connectivity index (χ0n) is 8.68. The van der Waals surface area contributed by atoms with Gasteiger partial charge in [-0.3, -0.25) is 0 Å². The van der Waals surface area contributed by atoms with Crippen molar-refractivity contribution in [2.45, 2.75) is 0 Å². The first-order valence-electron chi connectivity index (χ1n) is 5.03. The Bertz CT molecular complexity index is 410. The van der Waals surface area contributed by atoms with E-state index in [4.69, 9.17) is 0 Å². The van der Waals surface area contributed by atoms with Crippen LogP contribution in [-0.2, 0) is 0 Å². The number of anilines is 2. The lowest BCUT2D eigenvalue weighted by molar-refractivity contribution is 0.262. The van der Waals surface area contributed by atoms with Crippen LogP contribution in [0.1, 0.15) is 0 Å². The molecule has 0 aliphatic carbocycles. The Morgan fingerprint density at radius 2 is 1.06 bits per heavy atom. The second-order valence-corrected chi connectivity index (χ2v) is 3.31. The lowest BCUT2D eigenvalue weighted by atomic mass is 10.2. The lowest BCUT2D eigenvalue weighted by Crippen LogP contribution is -2.19. The molecule has 2 aromatic rings. The number of nitrogens with one attached hydrogen (secondary N) is 2. The molecule has 80 valence electrons. The van der Waals surface area contributed by atoms with E-state index in [1.807, 2.05) is 60.7 Å². The number of urea groups is 1. The molecule has 0 saturated carbocycles. The third-order valence-electron chi connectivity index (χ3n) is 2.06. The van der Waals surface area contributed by atoms with Gasteiger partial charge in [0.15, 0.2) is 0 Å². The third-order valence-corrected chi connectivity index (χ3v) is 2.06. The average Bonchev–Trinajstić information content (AvgIpc) is 2.31. The highest BCUT2D eigenvalue weighted by molar-refractivity contribution is 5.99. The summed E-state index contributed by atoms with van der Waals surface area (Å²) in [6, 6.07) is 18.4. The zero-order chi connectivity index (χ0) is 11.2. The second-order valence-electron chi connectivity index (χ2n) is 3.31. The van der Waals surface area contributed by atoms with Gasteiger partial charge in [0.2, 0.25) is 0 Å². The Kier molecular flexibility index (Phi) is 3.18. The number of carbonyl (C=O) groups excluding carboxylic acids is 1. The first-order valence-corrected chi connectivity index (χ1v) is 5.03. The summed E-state index contributed by atoms with van der Waals surface area (Å²) < 4.78 is 0. The van der Waals surface area contributed by atoms with Gasteiger partial charge in [-0.15, -0.1) is 0 Å². The molecule has 0 spiro atoms. The minimum atomic E-state index is -0.239. The zero-order valence-corrected chi connectivity index (χ0v) is 8.68. The van der Waals surface area contributed by atoms with E-state index in [2.05, 4.69) is 10.6 Å². The summed E-state index contributed by atoms with van der Waals surface area (Å²) in [7, 11) is 0. The lowest BCUT2D eigenvalue weighted by Gasteiger charge is -2.06. The van der Waals surface area contributed by atoms with Crippen LogP contribution in [0.3, 0.4) is 0 Å². The maximum absolute atomic E-state index is 11.6. The molecule has 2 aromatic carbocycles. The summed E-state index contributed by atoms with van der Waals surface area (Å²) in [5.41, 5.74) is 1.55. The minimum absolute atomic E-state index is 0.239. The van der Waals surface area contributed by atoms with Crippen LogP contribution in [0.4, 0.5) is 16.2 Å². The van der Waals surface area contributed by atoms with E-state index in [1.165, 1.54) is 0 Å². The van der Waals surface area contributed by atoms with Crippen molar-refractivity contribution in [2.24, 2.45) is 0 Å². The van der Waals surface area contributed by atoms with Crippen LogP contribution in [0.2, 0.25) is 0 Å². The Morgan fingerprint density at radius 3 is 1.44 bits per heavy atom. The standard InChI is InChI=1S/C13H12N2O/c16-13(14-11-7-3-1-4-8-11)15-12-9-5-2-6-10-12/h1-10H,(H2,14,15,16)/i13-1. The summed E-state index contributed by atoms with van der Waals surface area (Å²) >= 11 is 0. The van der Waals surface area contributed by atoms with E-state index < -0.39 is 0 Å². The molecule has 2 rings (SSSR count). The van der Waals surface area contributed by atoms with E-state index in [0.717, 1.165) is 11.4 Å². The molecule has 0 saturated heterocycles. The first kappa shape index (κ1) is 10.2. The number of hydrogen-bond acceptors (Lipinski definition) is 1. The smallest absolute Gasteiger partial charge is 0.308 e. The second kappa shape index (κ2) is 4.98. The fraction of sp³-hybridized carbons (Fsp3) is 0. The predicted molar refractivity (Wildman–Crippen MR) is 65.5 cm³/mol. The van der Waals surface area contributed by atoms with Crippen LogP contribution in [-0.4, -0.2) is 6.03 Å². The van der Waals surface area contributed by atoms with Crippen molar-refractivity contribution in [2.75, 3.05) is 10.6 Å². The van der Waals surface area contributed by atoms with E-state index >= 15 is 0 Å². The van der Waals surface area contributed by atoms with E-state index in [-0.39, 0.29) is 6.03 Å². The van der Waals surface area contributed by atoms with Gasteiger partial charge in [0.1, 0.15) is 0 Å². The number of para-hydroxylation sites is 2. The van der Waals surface area contributed by atoms with Gasteiger partial charge in [0.25, 0.3) is 0 Å². The molecule has 0 heterocycles. The fourth-order valence-corrected chi connectivity index (χ4v) is 1.34. The van der Waals surface area contributed by atoms with Gasteiger partial charge in [-0.2, -0.15) is 0 Å². The maximum atomic E-state index is 11.6. The number of rotatable bonds is 2. The summed E-state index contributed by atoms with van der Waals surface area (Å²) in [6.45, 7) is 0. The molecule has 0 atom stereocenters. The summed E-state index contributed by atoms with van der Waals surface area (Å²) in [6.07, 6.45) is 0. The van der Waals surface area contributed by atoms with Crippen molar-refractivity contribution in [3.8, 4) is 0 Å². The molecule has 3 nitrogen and oxygen atoms in total. The van der Waals surface area contributed by atoms with Crippen molar-refractivity contribution >= 4 is 17.4 Å². The molecule has 0 radical (unpaired) electrons. The topological polar surface area (TPSA) is 41.1 Å². The van der Waals surface area contributed by atoms with Crippen molar-refractivity contribution in [3.63, 3.8) is 0 Å². The SMILES string of the molecule is O=[11C](Nc1ccccc1)Nc1ccccc1. The number of carbonyl (C=O) groups is 1. The Balaban J connectivity index is 1.95. The minimum Gasteiger partial charge on any atom is -0.308 e. The molecular formula is C13H12N2O. The molecule has 2 N–H and O–H groups in total. The summed E-state index contributed by atoms with van der Waals surface area (Å²) in [5.74, 6) is 0. The Morgan fingerprint density at radius 1 is 0.688 bits per heavy atom. The van der Waals surface area contributed by atoms with Crippen molar-refractivity contribution in [1.29, 1.82) is 0 Å². The van der Waals surface area contributed by atoms with Gasteiger partial charge < -0.3 is 10.6 Å². The van der Waals surface area contributed by atoms with Gasteiger partial charge in [0, 0.05) is 11.4 Å². The van der Waals surface area contributed by atoms with Crippen molar-refractivity contribution in [3.05, 3.63) is 60.7 Å². The fourth-order valence-electron chi connectivity index (χ4n) is 1.34. The van der Waals surface area contributed by atoms with Crippen LogP contribution in [0, 0.1) is 0 Å². The highest BCUT2D eigenvalue weighted by Gasteiger charge is 2.00. The molecule has 3 heteroatoms. The van der Waals surface area contributed by atoms with Crippen molar-refractivity contribution in [1.82, 2.24) is 0 Å². The third kappa shape index (κ3) is 2.85. The maximum Gasteiger partial charge on any atom is 0.323 e. The van der Waals surface area contributed by atoms with Gasteiger partial charge in [-0.1, -0.05) is 36.4 Å². The molecule has 16 heavy (non-hydrogen) atoms. The molecule has 0 bridgehead atoms. The van der Waals surface area contributed by atoms with Crippen LogP contribution in [0.5, 0.6) is 0 Å². The number of hydrogen-bond donors (Lipinski definition) is 2. The number of amides is 2. The number of benzene rings is 2. The van der Waals surface area contributed by atoms with Crippen LogP contribution < -0.4 is 10.6 Å². The molecule has 0 aromatic heterocycles. The van der Waals surface area contributed by atoms with E-state index in [0.29, 0.717) is 0 Å². The highest BCUT2D eigenvalue weighted by atomic mass is 16.1. The van der Waals surface area contributed by atoms with Gasteiger partial charge in [0.05, 0.1) is 0 Å². The van der Waals surface area contributed by atoms with Gasteiger partial charge >= 0.3 is 6.03 Å². The van der Waals surface area contributed by atoms with Crippen molar-refractivity contribution < 1.29 is 4.79 Å². The normalized spacial score (nSPS) is 9.50. The summed E-state index contributed by atoms with van der Waals surface area (Å²) in [4.78, 5) is 11.6. The molecule has 0 fully saturated rings. The highest BCUT2D eigenvalue weighted by Crippen LogP contribution is 2.08. The van der Waals surface area contributed by atoms with Crippen LogP contribution in [0.25, 0.3) is 0 Å². The Hall–Kier alpha value is -2.29. The van der Waals surface area contributed by atoms with Gasteiger partial charge in [-0.25, -0.2) is 4.79 Å². The Labute approximate surface area is 94.1 Å². The predicted octanol–water partition coefficient (Wildman–Crippen LogP) is 3.33. The molecule has 0 unspecified atom stereocenters.